The van der Waals surface area contributed by atoms with Crippen LogP contribution in [-0.2, 0) is 10.0 Å². The molecule has 2 aromatic carbocycles. The van der Waals surface area contributed by atoms with Crippen LogP contribution in [0.1, 0.15) is 54.2 Å². The third kappa shape index (κ3) is 5.53. The molecule has 3 rings (SSSR count). The van der Waals surface area contributed by atoms with Crippen LogP contribution >= 0.6 is 0 Å². The predicted molar refractivity (Wildman–Crippen MR) is 123 cm³/mol. The molecule has 1 fully saturated rings. The Morgan fingerprint density at radius 2 is 1.87 bits per heavy atom. The summed E-state index contributed by atoms with van der Waals surface area (Å²) in [6.07, 6.45) is 3.61. The van der Waals surface area contributed by atoms with Gasteiger partial charge in [-0.3, -0.25) is 9.52 Å². The molecule has 30 heavy (non-hydrogen) atoms. The summed E-state index contributed by atoms with van der Waals surface area (Å²) in [6, 6.07) is 13.2. The highest BCUT2D eigenvalue weighted by molar-refractivity contribution is 7.92. The summed E-state index contributed by atoms with van der Waals surface area (Å²) in [5.74, 6) is 0.485. The van der Waals surface area contributed by atoms with Gasteiger partial charge in [0.2, 0.25) is 10.0 Å². The fourth-order valence-corrected chi connectivity index (χ4v) is 4.57. The lowest BCUT2D eigenvalue weighted by Crippen LogP contribution is -2.34. The van der Waals surface area contributed by atoms with E-state index in [2.05, 4.69) is 46.1 Å². The van der Waals surface area contributed by atoms with Gasteiger partial charge >= 0.3 is 0 Å². The van der Waals surface area contributed by atoms with Crippen LogP contribution in [0.15, 0.2) is 42.5 Å². The monoisotopic (exact) mass is 429 g/mol. The molecular weight excluding hydrogens is 398 g/mol. The van der Waals surface area contributed by atoms with Gasteiger partial charge in [0, 0.05) is 24.3 Å². The van der Waals surface area contributed by atoms with Crippen LogP contribution in [0.25, 0.3) is 0 Å². The number of hydrogen-bond acceptors (Lipinski definition) is 4. The van der Waals surface area contributed by atoms with E-state index in [1.165, 1.54) is 18.5 Å². The molecule has 7 heteroatoms. The van der Waals surface area contributed by atoms with E-state index in [9.17, 15) is 13.2 Å². The molecule has 2 aromatic rings. The number of nitrogens with zero attached hydrogens (tertiary/aromatic N) is 1. The number of anilines is 2. The second-order valence-electron chi connectivity index (χ2n) is 8.33. The topological polar surface area (TPSA) is 78.5 Å². The van der Waals surface area contributed by atoms with Crippen molar-refractivity contribution in [2.45, 2.75) is 39.7 Å². The Morgan fingerprint density at radius 1 is 1.17 bits per heavy atom. The zero-order valence-corrected chi connectivity index (χ0v) is 18.9. The first kappa shape index (κ1) is 22.2. The Balaban J connectivity index is 1.69. The van der Waals surface area contributed by atoms with E-state index in [-0.39, 0.29) is 11.9 Å². The summed E-state index contributed by atoms with van der Waals surface area (Å²) in [7, 11) is -3.41. The van der Waals surface area contributed by atoms with Crippen LogP contribution in [0.4, 0.5) is 11.4 Å². The molecule has 0 radical (unpaired) electrons. The van der Waals surface area contributed by atoms with Crippen LogP contribution < -0.4 is 14.9 Å². The lowest BCUT2D eigenvalue weighted by molar-refractivity contribution is 0.0939. The van der Waals surface area contributed by atoms with Gasteiger partial charge in [0.15, 0.2) is 0 Å². The molecule has 162 valence electrons. The van der Waals surface area contributed by atoms with Gasteiger partial charge < -0.3 is 10.2 Å². The van der Waals surface area contributed by atoms with E-state index < -0.39 is 10.0 Å². The maximum atomic E-state index is 12.8. The summed E-state index contributed by atoms with van der Waals surface area (Å²) >= 11 is 0. The van der Waals surface area contributed by atoms with Crippen molar-refractivity contribution >= 4 is 27.3 Å². The molecule has 2 atom stereocenters. The van der Waals surface area contributed by atoms with E-state index in [0.29, 0.717) is 22.7 Å². The van der Waals surface area contributed by atoms with Crippen LogP contribution in [0.3, 0.4) is 0 Å². The molecule has 0 bridgehead atoms. The summed E-state index contributed by atoms with van der Waals surface area (Å²) in [5.41, 5.74) is 3.72. The average Bonchev–Trinajstić information content (AvgIpc) is 2.68. The number of rotatable bonds is 6. The lowest BCUT2D eigenvalue weighted by atomic mass is 9.99. The molecule has 1 saturated heterocycles. The number of piperidine rings is 1. The molecule has 0 unspecified atom stereocenters. The van der Waals surface area contributed by atoms with Gasteiger partial charge in [-0.15, -0.1) is 0 Å². The summed E-state index contributed by atoms with van der Waals surface area (Å²) in [6.45, 7) is 8.15. The number of carbonyl (C=O) groups excluding carboxylic acids is 1. The van der Waals surface area contributed by atoms with Gasteiger partial charge in [0.05, 0.1) is 18.0 Å². The predicted octanol–water partition coefficient (Wildman–Crippen LogP) is 4.09. The Kier molecular flexibility index (Phi) is 6.71. The fourth-order valence-electron chi connectivity index (χ4n) is 3.95. The number of sulfonamides is 1. The summed E-state index contributed by atoms with van der Waals surface area (Å²) in [5, 5.41) is 3.02. The Labute approximate surface area is 179 Å². The minimum atomic E-state index is -3.41. The first-order chi connectivity index (χ1) is 14.1. The first-order valence-corrected chi connectivity index (χ1v) is 12.3. The maximum absolute atomic E-state index is 12.8. The second kappa shape index (κ2) is 9.08. The van der Waals surface area contributed by atoms with Crippen LogP contribution in [0, 0.1) is 12.8 Å². The summed E-state index contributed by atoms with van der Waals surface area (Å²) in [4.78, 5) is 15.2. The Hall–Kier alpha value is -2.54. The van der Waals surface area contributed by atoms with E-state index in [0.717, 1.165) is 24.9 Å². The molecule has 1 heterocycles. The highest BCUT2D eigenvalue weighted by atomic mass is 32.2. The molecule has 2 N–H and O–H groups in total. The number of amides is 1. The standard InChI is InChI=1S/C23H31N3O3S/c1-16-7-6-14-26(15-16)20-12-10-19(11-13-20)18(3)24-23(27)21-8-5-9-22(17(21)2)25-30(4,28)29/h5,8-13,16,18,25H,6-7,14-15H2,1-4H3,(H,24,27)/t16-,18+/m0/s1. The Morgan fingerprint density at radius 3 is 2.50 bits per heavy atom. The lowest BCUT2D eigenvalue weighted by Gasteiger charge is -2.33. The molecule has 1 aliphatic heterocycles. The van der Waals surface area contributed by atoms with Crippen molar-refractivity contribution in [3.63, 3.8) is 0 Å². The normalized spacial score (nSPS) is 18.0. The molecule has 0 saturated carbocycles. The van der Waals surface area contributed by atoms with Crippen LogP contribution in [0.5, 0.6) is 0 Å². The van der Waals surface area contributed by atoms with Gasteiger partial charge in [-0.2, -0.15) is 0 Å². The minimum Gasteiger partial charge on any atom is -0.371 e. The van der Waals surface area contributed by atoms with Crippen molar-refractivity contribution in [3.8, 4) is 0 Å². The van der Waals surface area contributed by atoms with E-state index in [1.807, 2.05) is 6.92 Å². The molecule has 0 spiro atoms. The van der Waals surface area contributed by atoms with Gasteiger partial charge in [-0.05, 0) is 68.0 Å². The second-order valence-corrected chi connectivity index (χ2v) is 10.1. The molecule has 0 aliphatic carbocycles. The van der Waals surface area contributed by atoms with Crippen molar-refractivity contribution in [1.82, 2.24) is 5.32 Å². The quantitative estimate of drug-likeness (QED) is 0.725. The fraction of sp³-hybridized carbons (Fsp3) is 0.435. The largest absolute Gasteiger partial charge is 0.371 e. The SMILES string of the molecule is Cc1c(NS(C)(=O)=O)cccc1C(=O)N[C@H](C)c1ccc(N2CCC[C@H](C)C2)cc1. The van der Waals surface area contributed by atoms with E-state index >= 15 is 0 Å². The zero-order valence-electron chi connectivity index (χ0n) is 18.1. The highest BCUT2D eigenvalue weighted by Gasteiger charge is 2.18. The van der Waals surface area contributed by atoms with Gasteiger partial charge in [-0.25, -0.2) is 8.42 Å². The van der Waals surface area contributed by atoms with Crippen molar-refractivity contribution in [2.75, 3.05) is 29.0 Å². The van der Waals surface area contributed by atoms with Crippen molar-refractivity contribution < 1.29 is 13.2 Å². The third-order valence-electron chi connectivity index (χ3n) is 5.64. The van der Waals surface area contributed by atoms with Gasteiger partial charge in [0.1, 0.15) is 0 Å². The molecule has 1 aliphatic rings. The van der Waals surface area contributed by atoms with E-state index in [1.54, 1.807) is 25.1 Å². The summed E-state index contributed by atoms with van der Waals surface area (Å²) < 4.78 is 25.5. The van der Waals surface area contributed by atoms with E-state index in [4.69, 9.17) is 0 Å². The molecule has 1 amide bonds. The van der Waals surface area contributed by atoms with Crippen molar-refractivity contribution in [1.29, 1.82) is 0 Å². The van der Waals surface area contributed by atoms with Crippen molar-refractivity contribution in [3.05, 3.63) is 59.2 Å². The molecule has 6 nitrogen and oxygen atoms in total. The van der Waals surface area contributed by atoms with Crippen LogP contribution in [-0.4, -0.2) is 33.7 Å². The molecular formula is C23H31N3O3S. The number of hydrogen-bond donors (Lipinski definition) is 2. The first-order valence-electron chi connectivity index (χ1n) is 10.4. The Bertz CT molecular complexity index is 1000. The maximum Gasteiger partial charge on any atom is 0.252 e. The molecule has 0 aromatic heterocycles. The zero-order chi connectivity index (χ0) is 21.9. The highest BCUT2D eigenvalue weighted by Crippen LogP contribution is 2.25. The minimum absolute atomic E-state index is 0.169. The number of benzene rings is 2. The average molecular weight is 430 g/mol. The smallest absolute Gasteiger partial charge is 0.252 e. The third-order valence-corrected chi connectivity index (χ3v) is 6.23. The van der Waals surface area contributed by atoms with Gasteiger partial charge in [0.25, 0.3) is 5.91 Å². The number of carbonyl (C=O) groups is 1. The number of nitrogens with one attached hydrogen (secondary N) is 2. The van der Waals surface area contributed by atoms with Crippen molar-refractivity contribution in [2.24, 2.45) is 5.92 Å². The van der Waals surface area contributed by atoms with Crippen LogP contribution in [0.2, 0.25) is 0 Å². The van der Waals surface area contributed by atoms with Gasteiger partial charge in [-0.1, -0.05) is 25.1 Å².